The van der Waals surface area contributed by atoms with Gasteiger partial charge in [-0.2, -0.15) is 0 Å². The third-order valence-corrected chi connectivity index (χ3v) is 3.91. The molecule has 0 saturated heterocycles. The van der Waals surface area contributed by atoms with Crippen molar-refractivity contribution in [2.24, 2.45) is 5.92 Å². The molecular formula is C17H23N3O2. The van der Waals surface area contributed by atoms with Crippen molar-refractivity contribution in [3.8, 4) is 0 Å². The van der Waals surface area contributed by atoms with Crippen LogP contribution in [0.3, 0.4) is 0 Å². The first-order valence-corrected chi connectivity index (χ1v) is 7.70. The Bertz CT molecular complexity index is 670. The highest BCUT2D eigenvalue weighted by atomic mass is 16.4. The summed E-state index contributed by atoms with van der Waals surface area (Å²) in [5.41, 5.74) is 0.831. The Morgan fingerprint density at radius 2 is 1.91 bits per heavy atom. The van der Waals surface area contributed by atoms with Crippen LogP contribution in [0.1, 0.15) is 45.9 Å². The van der Waals surface area contributed by atoms with Gasteiger partial charge in [0.15, 0.2) is 0 Å². The number of anilines is 1. The Kier molecular flexibility index (Phi) is 4.96. The number of aliphatic carboxylic acids is 1. The molecule has 5 heteroatoms. The van der Waals surface area contributed by atoms with Crippen molar-refractivity contribution in [2.45, 2.75) is 46.1 Å². The fourth-order valence-electron chi connectivity index (χ4n) is 2.29. The largest absolute Gasteiger partial charge is 0.480 e. The summed E-state index contributed by atoms with van der Waals surface area (Å²) in [6.45, 7) is 7.97. The van der Waals surface area contributed by atoms with Crippen LogP contribution in [0.5, 0.6) is 0 Å². The Labute approximate surface area is 130 Å². The number of carboxylic acid groups (broad SMARTS) is 1. The van der Waals surface area contributed by atoms with Gasteiger partial charge in [0.05, 0.1) is 5.52 Å². The molecule has 1 aromatic heterocycles. The second-order valence-electron chi connectivity index (χ2n) is 5.95. The molecular weight excluding hydrogens is 278 g/mol. The lowest BCUT2D eigenvalue weighted by Gasteiger charge is -2.22. The first-order valence-electron chi connectivity index (χ1n) is 7.70. The number of para-hydroxylation sites is 1. The van der Waals surface area contributed by atoms with Gasteiger partial charge in [0.2, 0.25) is 0 Å². The van der Waals surface area contributed by atoms with Crippen LogP contribution >= 0.6 is 0 Å². The van der Waals surface area contributed by atoms with Crippen LogP contribution in [-0.4, -0.2) is 27.1 Å². The highest BCUT2D eigenvalue weighted by Crippen LogP contribution is 2.25. The van der Waals surface area contributed by atoms with Crippen LogP contribution in [0, 0.1) is 5.92 Å². The van der Waals surface area contributed by atoms with Crippen LogP contribution in [0.15, 0.2) is 24.3 Å². The summed E-state index contributed by atoms with van der Waals surface area (Å²) in [7, 11) is 0. The predicted octanol–water partition coefficient (Wildman–Crippen LogP) is 3.66. The summed E-state index contributed by atoms with van der Waals surface area (Å²) in [6.07, 6.45) is 0.782. The van der Waals surface area contributed by atoms with Crippen LogP contribution in [0.25, 0.3) is 10.9 Å². The summed E-state index contributed by atoms with van der Waals surface area (Å²) in [4.78, 5) is 20.7. The summed E-state index contributed by atoms with van der Waals surface area (Å²) >= 11 is 0. The Morgan fingerprint density at radius 1 is 1.23 bits per heavy atom. The first kappa shape index (κ1) is 16.2. The van der Waals surface area contributed by atoms with Gasteiger partial charge < -0.3 is 10.4 Å². The molecule has 2 unspecified atom stereocenters. The number of fused-ring (bicyclic) bond motifs is 1. The molecule has 118 valence electrons. The molecule has 0 aliphatic heterocycles. The Balaban J connectivity index is 2.50. The lowest BCUT2D eigenvalue weighted by Crippen LogP contribution is -2.35. The van der Waals surface area contributed by atoms with Crippen molar-refractivity contribution in [3.05, 3.63) is 30.1 Å². The van der Waals surface area contributed by atoms with Gasteiger partial charge in [-0.1, -0.05) is 46.2 Å². The average Bonchev–Trinajstić information content (AvgIpc) is 2.50. The topological polar surface area (TPSA) is 75.1 Å². The number of nitrogens with one attached hydrogen (secondary N) is 1. The number of hydrogen-bond acceptors (Lipinski definition) is 4. The van der Waals surface area contributed by atoms with Crippen LogP contribution in [0.2, 0.25) is 0 Å². The Morgan fingerprint density at radius 3 is 2.50 bits per heavy atom. The third-order valence-electron chi connectivity index (χ3n) is 3.91. The van der Waals surface area contributed by atoms with Gasteiger partial charge in [-0.3, -0.25) is 0 Å². The number of aromatic nitrogens is 2. The van der Waals surface area contributed by atoms with E-state index in [9.17, 15) is 9.90 Å². The normalized spacial score (nSPS) is 14.0. The van der Waals surface area contributed by atoms with E-state index in [1.807, 2.05) is 52.0 Å². The number of nitrogens with zero attached hydrogens (tertiary/aromatic N) is 2. The molecule has 0 aliphatic carbocycles. The molecule has 0 spiro atoms. The van der Waals surface area contributed by atoms with E-state index in [4.69, 9.17) is 0 Å². The van der Waals surface area contributed by atoms with E-state index in [-0.39, 0.29) is 11.8 Å². The van der Waals surface area contributed by atoms with Gasteiger partial charge in [-0.25, -0.2) is 14.8 Å². The summed E-state index contributed by atoms with van der Waals surface area (Å²) in [6, 6.07) is 7.00. The Hall–Kier alpha value is -2.17. The average molecular weight is 301 g/mol. The first-order chi connectivity index (χ1) is 10.4. The van der Waals surface area contributed by atoms with E-state index in [2.05, 4.69) is 15.3 Å². The van der Waals surface area contributed by atoms with Crippen LogP contribution in [0.4, 0.5) is 5.82 Å². The molecule has 0 aliphatic rings. The number of hydrogen-bond donors (Lipinski definition) is 2. The fraction of sp³-hybridized carbons (Fsp3) is 0.471. The van der Waals surface area contributed by atoms with Gasteiger partial charge in [0, 0.05) is 11.3 Å². The van der Waals surface area contributed by atoms with Gasteiger partial charge in [-0.05, 0) is 18.1 Å². The minimum Gasteiger partial charge on any atom is -0.480 e. The summed E-state index contributed by atoms with van der Waals surface area (Å²) < 4.78 is 0. The summed E-state index contributed by atoms with van der Waals surface area (Å²) in [5, 5.41) is 13.4. The van der Waals surface area contributed by atoms with Crippen molar-refractivity contribution >= 4 is 22.7 Å². The van der Waals surface area contributed by atoms with E-state index in [0.29, 0.717) is 5.82 Å². The van der Waals surface area contributed by atoms with Crippen LogP contribution < -0.4 is 5.32 Å². The molecule has 0 amide bonds. The van der Waals surface area contributed by atoms with Gasteiger partial charge in [-0.15, -0.1) is 0 Å². The minimum atomic E-state index is -0.858. The maximum Gasteiger partial charge on any atom is 0.326 e. The number of carbonyl (C=O) groups is 1. The SMILES string of the molecule is CCC(C)C(Nc1nc(C(C)C)nc2ccccc12)C(=O)O. The van der Waals surface area contributed by atoms with E-state index in [1.165, 1.54) is 0 Å². The monoisotopic (exact) mass is 301 g/mol. The second kappa shape index (κ2) is 6.73. The molecule has 0 bridgehead atoms. The molecule has 2 N–H and O–H groups in total. The third kappa shape index (κ3) is 3.35. The second-order valence-corrected chi connectivity index (χ2v) is 5.95. The fourth-order valence-corrected chi connectivity index (χ4v) is 2.29. The smallest absolute Gasteiger partial charge is 0.326 e. The van der Waals surface area contributed by atoms with E-state index in [1.54, 1.807) is 0 Å². The highest BCUT2D eigenvalue weighted by molar-refractivity contribution is 5.91. The van der Waals surface area contributed by atoms with Gasteiger partial charge in [0.1, 0.15) is 17.7 Å². The molecule has 0 radical (unpaired) electrons. The van der Waals surface area contributed by atoms with E-state index in [0.717, 1.165) is 23.1 Å². The van der Waals surface area contributed by atoms with E-state index < -0.39 is 12.0 Å². The van der Waals surface area contributed by atoms with Crippen molar-refractivity contribution in [1.82, 2.24) is 9.97 Å². The van der Waals surface area contributed by atoms with Gasteiger partial charge in [0.25, 0.3) is 0 Å². The van der Waals surface area contributed by atoms with E-state index >= 15 is 0 Å². The molecule has 5 nitrogen and oxygen atoms in total. The van der Waals surface area contributed by atoms with Crippen molar-refractivity contribution in [2.75, 3.05) is 5.32 Å². The lowest BCUT2D eigenvalue weighted by molar-refractivity contribution is -0.139. The molecule has 0 fully saturated rings. The molecule has 22 heavy (non-hydrogen) atoms. The summed E-state index contributed by atoms with van der Waals surface area (Å²) in [5.74, 6) is 0.644. The van der Waals surface area contributed by atoms with Gasteiger partial charge >= 0.3 is 5.97 Å². The molecule has 0 saturated carbocycles. The number of benzene rings is 1. The van der Waals surface area contributed by atoms with Crippen LogP contribution in [-0.2, 0) is 4.79 Å². The van der Waals surface area contributed by atoms with Crippen molar-refractivity contribution < 1.29 is 9.90 Å². The molecule has 2 rings (SSSR count). The molecule has 2 atom stereocenters. The standard InChI is InChI=1S/C17H23N3O2/c1-5-11(4)14(17(21)22)19-16-12-8-6-7-9-13(12)18-15(20-16)10(2)3/h6-11,14H,5H2,1-4H3,(H,21,22)(H,18,19,20). The molecule has 2 aromatic rings. The maximum atomic E-state index is 11.6. The zero-order chi connectivity index (χ0) is 16.3. The maximum absolute atomic E-state index is 11.6. The van der Waals surface area contributed by atoms with Crippen molar-refractivity contribution in [1.29, 1.82) is 0 Å². The zero-order valence-electron chi connectivity index (χ0n) is 13.5. The molecule has 1 heterocycles. The predicted molar refractivity (Wildman–Crippen MR) is 88.1 cm³/mol. The zero-order valence-corrected chi connectivity index (χ0v) is 13.5. The quantitative estimate of drug-likeness (QED) is 0.851. The lowest BCUT2D eigenvalue weighted by atomic mass is 9.99. The number of rotatable bonds is 6. The highest BCUT2D eigenvalue weighted by Gasteiger charge is 2.25. The molecule has 1 aromatic carbocycles. The minimum absolute atomic E-state index is 0.00808. The number of carboxylic acids is 1. The van der Waals surface area contributed by atoms with Crippen molar-refractivity contribution in [3.63, 3.8) is 0 Å².